The Balaban J connectivity index is 2.05. The molecule has 0 atom stereocenters. The number of unbranched alkanes of at least 4 members (excludes halogenated alkanes) is 1. The molecule has 142 valence electrons. The zero-order chi connectivity index (χ0) is 19.6. The number of rotatable bonds is 8. The average Bonchev–Trinajstić information content (AvgIpc) is 2.67. The molecule has 0 saturated carbocycles. The summed E-state index contributed by atoms with van der Waals surface area (Å²) in [6, 6.07) is 12.0. The van der Waals surface area contributed by atoms with Crippen LogP contribution >= 0.6 is 0 Å². The number of nitrogens with zero attached hydrogens (tertiary/aromatic N) is 1. The Hall–Kier alpha value is -3.15. The minimum atomic E-state index is -0.414. The molecule has 0 radical (unpaired) electrons. The number of hydrogen-bond acceptors (Lipinski definition) is 6. The summed E-state index contributed by atoms with van der Waals surface area (Å²) in [5, 5.41) is 0. The van der Waals surface area contributed by atoms with Crippen molar-refractivity contribution in [2.45, 2.75) is 26.7 Å². The topological polar surface area (TPSA) is 74.2 Å². The Morgan fingerprint density at radius 2 is 1.81 bits per heavy atom. The second-order valence-electron chi connectivity index (χ2n) is 5.80. The van der Waals surface area contributed by atoms with Gasteiger partial charge < -0.3 is 14.2 Å². The van der Waals surface area contributed by atoms with Gasteiger partial charge in [0.05, 0.1) is 25.0 Å². The summed E-state index contributed by atoms with van der Waals surface area (Å²) in [7, 11) is 1.50. The van der Waals surface area contributed by atoms with E-state index in [0.717, 1.165) is 18.4 Å². The van der Waals surface area contributed by atoms with Crippen molar-refractivity contribution in [2.24, 2.45) is 4.99 Å². The highest BCUT2D eigenvalue weighted by Crippen LogP contribution is 2.28. The molecular formula is C21H23NO5. The van der Waals surface area contributed by atoms with Gasteiger partial charge in [0.25, 0.3) is 0 Å². The molecule has 27 heavy (non-hydrogen) atoms. The smallest absolute Gasteiger partial charge is 0.338 e. The fourth-order valence-electron chi connectivity index (χ4n) is 2.23. The van der Waals surface area contributed by atoms with Crippen molar-refractivity contribution in [3.63, 3.8) is 0 Å². The third-order valence-electron chi connectivity index (χ3n) is 3.64. The number of aliphatic imine (C=N–C) groups is 1. The van der Waals surface area contributed by atoms with E-state index in [-0.39, 0.29) is 5.97 Å². The van der Waals surface area contributed by atoms with Crippen molar-refractivity contribution >= 4 is 23.8 Å². The highest BCUT2D eigenvalue weighted by atomic mass is 16.6. The van der Waals surface area contributed by atoms with Crippen molar-refractivity contribution in [3.8, 4) is 11.5 Å². The van der Waals surface area contributed by atoms with Crippen molar-refractivity contribution in [3.05, 3.63) is 53.6 Å². The van der Waals surface area contributed by atoms with Crippen LogP contribution in [0.15, 0.2) is 47.5 Å². The van der Waals surface area contributed by atoms with Crippen LogP contribution in [0.2, 0.25) is 0 Å². The van der Waals surface area contributed by atoms with Gasteiger partial charge in [-0.15, -0.1) is 0 Å². The maximum Gasteiger partial charge on any atom is 0.338 e. The van der Waals surface area contributed by atoms with E-state index < -0.39 is 5.97 Å². The van der Waals surface area contributed by atoms with Crippen LogP contribution in [-0.4, -0.2) is 31.9 Å². The van der Waals surface area contributed by atoms with Gasteiger partial charge in [-0.2, -0.15) is 0 Å². The summed E-state index contributed by atoms with van der Waals surface area (Å²) < 4.78 is 15.5. The van der Waals surface area contributed by atoms with Crippen LogP contribution in [0.1, 0.15) is 42.6 Å². The predicted octanol–water partition coefficient (Wildman–Crippen LogP) is 4.33. The molecule has 0 aliphatic rings. The first kappa shape index (κ1) is 20.2. The molecule has 0 heterocycles. The minimum Gasteiger partial charge on any atom is -0.493 e. The Bertz CT molecular complexity index is 812. The van der Waals surface area contributed by atoms with Gasteiger partial charge in [-0.05, 0) is 54.4 Å². The van der Waals surface area contributed by atoms with E-state index >= 15 is 0 Å². The predicted molar refractivity (Wildman–Crippen MR) is 103 cm³/mol. The van der Waals surface area contributed by atoms with Crippen LogP contribution < -0.4 is 9.47 Å². The number of carbonyl (C=O) groups excluding carboxylic acids is 2. The summed E-state index contributed by atoms with van der Waals surface area (Å²) in [6.45, 7) is 3.80. The average molecular weight is 369 g/mol. The normalized spacial score (nSPS) is 10.6. The Morgan fingerprint density at radius 1 is 1.07 bits per heavy atom. The second-order valence-corrected chi connectivity index (χ2v) is 5.80. The third-order valence-corrected chi connectivity index (χ3v) is 3.64. The van der Waals surface area contributed by atoms with Crippen molar-refractivity contribution in [1.82, 2.24) is 0 Å². The SMILES string of the molecule is CCCCOC(=O)c1ccc(N=Cc2ccc(OC(C)=O)c(OC)c2)cc1. The van der Waals surface area contributed by atoms with Crippen LogP contribution in [0.25, 0.3) is 0 Å². The number of carbonyl (C=O) groups is 2. The summed E-state index contributed by atoms with van der Waals surface area (Å²) in [6.07, 6.45) is 3.50. The van der Waals surface area contributed by atoms with Gasteiger partial charge in [0.2, 0.25) is 0 Å². The van der Waals surface area contributed by atoms with Crippen molar-refractivity contribution in [1.29, 1.82) is 0 Å². The van der Waals surface area contributed by atoms with Crippen molar-refractivity contribution < 1.29 is 23.8 Å². The lowest BCUT2D eigenvalue weighted by Gasteiger charge is -2.08. The van der Waals surface area contributed by atoms with E-state index in [0.29, 0.717) is 29.4 Å². The van der Waals surface area contributed by atoms with Crippen LogP contribution in [0.3, 0.4) is 0 Å². The first-order valence-electron chi connectivity index (χ1n) is 8.71. The van der Waals surface area contributed by atoms with Gasteiger partial charge in [0, 0.05) is 13.1 Å². The molecule has 0 aliphatic carbocycles. The lowest BCUT2D eigenvalue weighted by molar-refractivity contribution is -0.132. The fourth-order valence-corrected chi connectivity index (χ4v) is 2.23. The quantitative estimate of drug-likeness (QED) is 0.300. The van der Waals surface area contributed by atoms with Crippen LogP contribution in [0.4, 0.5) is 5.69 Å². The molecule has 0 unspecified atom stereocenters. The zero-order valence-electron chi connectivity index (χ0n) is 15.7. The highest BCUT2D eigenvalue weighted by Gasteiger charge is 2.08. The first-order valence-corrected chi connectivity index (χ1v) is 8.71. The summed E-state index contributed by atoms with van der Waals surface area (Å²) in [4.78, 5) is 27.3. The molecule has 0 amide bonds. The summed E-state index contributed by atoms with van der Waals surface area (Å²) in [5.74, 6) is 0.0558. The molecule has 2 rings (SSSR count). The number of benzene rings is 2. The number of ether oxygens (including phenoxy) is 3. The maximum absolute atomic E-state index is 11.9. The molecule has 0 N–H and O–H groups in total. The zero-order valence-corrected chi connectivity index (χ0v) is 15.7. The Labute approximate surface area is 158 Å². The van der Waals surface area contributed by atoms with E-state index in [1.807, 2.05) is 6.92 Å². The van der Waals surface area contributed by atoms with Gasteiger partial charge in [0.15, 0.2) is 11.5 Å². The molecule has 0 fully saturated rings. The summed E-state index contributed by atoms with van der Waals surface area (Å²) in [5.41, 5.74) is 1.98. The molecular weight excluding hydrogens is 346 g/mol. The number of esters is 2. The Morgan fingerprint density at radius 3 is 2.44 bits per heavy atom. The Kier molecular flexibility index (Phi) is 7.55. The van der Waals surface area contributed by atoms with Gasteiger partial charge in [-0.25, -0.2) is 4.79 Å². The standard InChI is InChI=1S/C21H23NO5/c1-4-5-12-26-21(24)17-7-9-18(10-8-17)22-14-16-6-11-19(27-15(2)23)20(13-16)25-3/h6-11,13-14H,4-5,12H2,1-3H3. The minimum absolute atomic E-state index is 0.329. The molecule has 2 aromatic rings. The summed E-state index contributed by atoms with van der Waals surface area (Å²) >= 11 is 0. The van der Waals surface area contributed by atoms with Crippen molar-refractivity contribution in [2.75, 3.05) is 13.7 Å². The maximum atomic E-state index is 11.9. The number of methoxy groups -OCH3 is 1. The van der Waals surface area contributed by atoms with E-state index in [1.165, 1.54) is 14.0 Å². The second kappa shape index (κ2) is 10.1. The van der Waals surface area contributed by atoms with E-state index in [2.05, 4.69) is 4.99 Å². The van der Waals surface area contributed by atoms with E-state index in [1.54, 1.807) is 48.7 Å². The third kappa shape index (κ3) is 6.26. The largest absolute Gasteiger partial charge is 0.493 e. The number of hydrogen-bond donors (Lipinski definition) is 0. The molecule has 6 heteroatoms. The molecule has 0 aromatic heterocycles. The lowest BCUT2D eigenvalue weighted by atomic mass is 10.2. The first-order chi connectivity index (χ1) is 13.0. The molecule has 0 aliphatic heterocycles. The molecule has 0 bridgehead atoms. The highest BCUT2D eigenvalue weighted by molar-refractivity contribution is 5.90. The molecule has 2 aromatic carbocycles. The van der Waals surface area contributed by atoms with Crippen LogP contribution in [-0.2, 0) is 9.53 Å². The molecule has 6 nitrogen and oxygen atoms in total. The fraction of sp³-hybridized carbons (Fsp3) is 0.286. The van der Waals surface area contributed by atoms with Crippen LogP contribution in [0, 0.1) is 0 Å². The van der Waals surface area contributed by atoms with Gasteiger partial charge >= 0.3 is 11.9 Å². The lowest BCUT2D eigenvalue weighted by Crippen LogP contribution is -2.05. The van der Waals surface area contributed by atoms with Crippen LogP contribution in [0.5, 0.6) is 11.5 Å². The van der Waals surface area contributed by atoms with Gasteiger partial charge in [-0.3, -0.25) is 9.79 Å². The molecule has 0 saturated heterocycles. The van der Waals surface area contributed by atoms with Gasteiger partial charge in [0.1, 0.15) is 0 Å². The monoisotopic (exact) mass is 369 g/mol. The van der Waals surface area contributed by atoms with E-state index in [9.17, 15) is 9.59 Å². The van der Waals surface area contributed by atoms with E-state index in [4.69, 9.17) is 14.2 Å². The molecule has 0 spiro atoms. The van der Waals surface area contributed by atoms with Gasteiger partial charge in [-0.1, -0.05) is 13.3 Å².